The van der Waals surface area contributed by atoms with Crippen LogP contribution in [0.3, 0.4) is 0 Å². The summed E-state index contributed by atoms with van der Waals surface area (Å²) in [6, 6.07) is 16.0. The minimum absolute atomic E-state index is 0.0960. The molecule has 1 N–H and O–H groups in total. The first-order valence-electron chi connectivity index (χ1n) is 10.9. The van der Waals surface area contributed by atoms with Crippen LogP contribution >= 0.6 is 11.8 Å². The molecular formula is C25H31N5O2S. The smallest absolute Gasteiger partial charge is 0.250 e. The number of nitrogens with zero attached hydrogens (tertiary/aromatic N) is 4. The highest BCUT2D eigenvalue weighted by atomic mass is 32.2. The number of hydrogen-bond donors (Lipinski definition) is 1. The Bertz CT molecular complexity index is 1130. The Morgan fingerprint density at radius 3 is 2.52 bits per heavy atom. The van der Waals surface area contributed by atoms with Crippen LogP contribution < -0.4 is 10.2 Å². The number of rotatable bonds is 8. The predicted octanol–water partition coefficient (Wildman–Crippen LogP) is 4.90. The average molecular weight is 466 g/mol. The normalized spacial score (nSPS) is 12.0. The van der Waals surface area contributed by atoms with Crippen LogP contribution in [0.15, 0.2) is 58.8 Å². The molecule has 0 atom stereocenters. The second-order valence-electron chi connectivity index (χ2n) is 8.63. The van der Waals surface area contributed by atoms with Crippen molar-refractivity contribution < 1.29 is 9.53 Å². The fourth-order valence-electron chi connectivity index (χ4n) is 3.23. The van der Waals surface area contributed by atoms with Gasteiger partial charge in [0.05, 0.1) is 18.6 Å². The lowest BCUT2D eigenvalue weighted by Crippen LogP contribution is -2.21. The Morgan fingerprint density at radius 1 is 1.15 bits per heavy atom. The topological polar surface area (TPSA) is 81.4 Å². The lowest BCUT2D eigenvalue weighted by atomic mass is 9.87. The van der Waals surface area contributed by atoms with E-state index in [1.807, 2.05) is 42.7 Å². The van der Waals surface area contributed by atoms with Crippen LogP contribution in [0.5, 0.6) is 5.75 Å². The average Bonchev–Trinajstić information content (AvgIpc) is 3.23. The number of methoxy groups -OCH3 is 1. The third kappa shape index (κ3) is 6.22. The second-order valence-corrected chi connectivity index (χ2v) is 9.57. The van der Waals surface area contributed by atoms with Gasteiger partial charge >= 0.3 is 0 Å². The SMILES string of the molecule is CCn1c(SCC(=O)N/N=C(\C)c2cccc(OC)c2)nnc1-c1ccc(C(C)(C)C)cc1. The number of aromatic nitrogens is 3. The molecular weight excluding hydrogens is 434 g/mol. The quantitative estimate of drug-likeness (QED) is 0.291. The standard InChI is InChI=1S/C25H31N5O2S/c1-7-30-23(18-11-13-20(14-12-18)25(3,4)5)28-29-24(30)33-16-22(31)27-26-17(2)19-9-8-10-21(15-19)32-6/h8-15H,7,16H2,1-6H3,(H,27,31)/b26-17+. The molecule has 0 aliphatic rings. The van der Waals surface area contributed by atoms with Gasteiger partial charge in [0.2, 0.25) is 0 Å². The maximum absolute atomic E-state index is 12.4. The molecule has 1 amide bonds. The number of carbonyl (C=O) groups excluding carboxylic acids is 1. The molecule has 1 heterocycles. The number of benzene rings is 2. The molecule has 8 heteroatoms. The van der Waals surface area contributed by atoms with E-state index in [0.29, 0.717) is 17.4 Å². The minimum Gasteiger partial charge on any atom is -0.497 e. The van der Waals surface area contributed by atoms with E-state index >= 15 is 0 Å². The van der Waals surface area contributed by atoms with Gasteiger partial charge in [0.1, 0.15) is 5.75 Å². The van der Waals surface area contributed by atoms with E-state index in [9.17, 15) is 4.79 Å². The molecule has 0 aliphatic carbocycles. The van der Waals surface area contributed by atoms with Crippen molar-refractivity contribution in [3.05, 3.63) is 59.7 Å². The second kappa shape index (κ2) is 10.7. The molecule has 1 aromatic heterocycles. The van der Waals surface area contributed by atoms with Gasteiger partial charge in [0.15, 0.2) is 11.0 Å². The van der Waals surface area contributed by atoms with Gasteiger partial charge in [-0.15, -0.1) is 10.2 Å². The van der Waals surface area contributed by atoms with Crippen LogP contribution in [0.25, 0.3) is 11.4 Å². The molecule has 0 saturated carbocycles. The van der Waals surface area contributed by atoms with Crippen LogP contribution in [0.2, 0.25) is 0 Å². The van der Waals surface area contributed by atoms with Gasteiger partial charge in [-0.05, 0) is 37.0 Å². The Kier molecular flexibility index (Phi) is 7.92. The zero-order valence-electron chi connectivity index (χ0n) is 20.0. The first kappa shape index (κ1) is 24.5. The Morgan fingerprint density at radius 2 is 1.88 bits per heavy atom. The number of nitrogens with one attached hydrogen (secondary N) is 1. The lowest BCUT2D eigenvalue weighted by molar-refractivity contribution is -0.118. The molecule has 174 valence electrons. The number of ether oxygens (including phenoxy) is 1. The van der Waals surface area contributed by atoms with Crippen molar-refractivity contribution in [2.24, 2.45) is 5.10 Å². The van der Waals surface area contributed by atoms with Gasteiger partial charge in [0, 0.05) is 17.7 Å². The van der Waals surface area contributed by atoms with Crippen molar-refractivity contribution in [1.82, 2.24) is 20.2 Å². The molecule has 7 nitrogen and oxygen atoms in total. The molecule has 0 bridgehead atoms. The van der Waals surface area contributed by atoms with Crippen molar-refractivity contribution >= 4 is 23.4 Å². The molecule has 0 radical (unpaired) electrons. The summed E-state index contributed by atoms with van der Waals surface area (Å²) in [6.45, 7) is 11.2. The third-order valence-electron chi connectivity index (χ3n) is 5.21. The van der Waals surface area contributed by atoms with Crippen molar-refractivity contribution in [1.29, 1.82) is 0 Å². The zero-order chi connectivity index (χ0) is 24.0. The van der Waals surface area contributed by atoms with E-state index in [-0.39, 0.29) is 17.1 Å². The van der Waals surface area contributed by atoms with Crippen LogP contribution in [-0.4, -0.2) is 39.2 Å². The van der Waals surface area contributed by atoms with Gasteiger partial charge in [0.25, 0.3) is 5.91 Å². The molecule has 3 rings (SSSR count). The summed E-state index contributed by atoms with van der Waals surface area (Å²) in [4.78, 5) is 12.4. The summed E-state index contributed by atoms with van der Waals surface area (Å²) in [5.41, 5.74) is 6.57. The number of carbonyl (C=O) groups is 1. The Balaban J connectivity index is 1.64. The number of hydrazone groups is 1. The van der Waals surface area contributed by atoms with Crippen LogP contribution in [0, 0.1) is 0 Å². The largest absolute Gasteiger partial charge is 0.497 e. The van der Waals surface area contributed by atoms with E-state index < -0.39 is 0 Å². The zero-order valence-corrected chi connectivity index (χ0v) is 20.9. The first-order chi connectivity index (χ1) is 15.7. The maximum Gasteiger partial charge on any atom is 0.250 e. The number of amides is 1. The molecule has 0 aliphatic heterocycles. The highest BCUT2D eigenvalue weighted by molar-refractivity contribution is 7.99. The number of hydrogen-bond acceptors (Lipinski definition) is 6. The molecule has 2 aromatic carbocycles. The van der Waals surface area contributed by atoms with Gasteiger partial charge in [-0.3, -0.25) is 4.79 Å². The number of thioether (sulfide) groups is 1. The molecule has 3 aromatic rings. The van der Waals surface area contributed by atoms with Crippen LogP contribution in [0.4, 0.5) is 0 Å². The van der Waals surface area contributed by atoms with Crippen molar-refractivity contribution in [2.45, 2.75) is 51.7 Å². The summed E-state index contributed by atoms with van der Waals surface area (Å²) in [6.07, 6.45) is 0. The van der Waals surface area contributed by atoms with E-state index in [0.717, 1.165) is 22.7 Å². The Hall–Kier alpha value is -3.13. The molecule has 0 fully saturated rings. The monoisotopic (exact) mass is 465 g/mol. The minimum atomic E-state index is -0.205. The van der Waals surface area contributed by atoms with Crippen molar-refractivity contribution in [2.75, 3.05) is 12.9 Å². The van der Waals surface area contributed by atoms with Gasteiger partial charge in [-0.1, -0.05) is 68.9 Å². The summed E-state index contributed by atoms with van der Waals surface area (Å²) in [5.74, 6) is 1.53. The molecule has 0 spiro atoms. The van der Waals surface area contributed by atoms with Gasteiger partial charge in [-0.25, -0.2) is 5.43 Å². The summed E-state index contributed by atoms with van der Waals surface area (Å²) in [5, 5.41) is 13.6. The summed E-state index contributed by atoms with van der Waals surface area (Å²) in [7, 11) is 1.62. The summed E-state index contributed by atoms with van der Waals surface area (Å²) < 4.78 is 7.26. The van der Waals surface area contributed by atoms with Gasteiger partial charge < -0.3 is 9.30 Å². The van der Waals surface area contributed by atoms with E-state index in [1.165, 1.54) is 17.3 Å². The Labute approximate surface area is 199 Å². The van der Waals surface area contributed by atoms with Crippen LogP contribution in [0.1, 0.15) is 45.7 Å². The molecule has 0 saturated heterocycles. The van der Waals surface area contributed by atoms with Crippen LogP contribution in [-0.2, 0) is 16.8 Å². The van der Waals surface area contributed by atoms with Gasteiger partial charge in [-0.2, -0.15) is 5.10 Å². The van der Waals surface area contributed by atoms with Crippen molar-refractivity contribution in [3.8, 4) is 17.1 Å². The third-order valence-corrected chi connectivity index (χ3v) is 6.18. The van der Waals surface area contributed by atoms with Crippen molar-refractivity contribution in [3.63, 3.8) is 0 Å². The van der Waals surface area contributed by atoms with E-state index in [2.05, 4.69) is 65.8 Å². The molecule has 33 heavy (non-hydrogen) atoms. The first-order valence-corrected chi connectivity index (χ1v) is 11.9. The van der Waals surface area contributed by atoms with E-state index in [4.69, 9.17) is 4.74 Å². The lowest BCUT2D eigenvalue weighted by Gasteiger charge is -2.19. The maximum atomic E-state index is 12.4. The fraction of sp³-hybridized carbons (Fsp3) is 0.360. The fourth-order valence-corrected chi connectivity index (χ4v) is 4.03. The molecule has 0 unspecified atom stereocenters. The predicted molar refractivity (Wildman–Crippen MR) is 134 cm³/mol. The summed E-state index contributed by atoms with van der Waals surface area (Å²) >= 11 is 1.34. The van der Waals surface area contributed by atoms with E-state index in [1.54, 1.807) is 7.11 Å². The highest BCUT2D eigenvalue weighted by Gasteiger charge is 2.17. The highest BCUT2D eigenvalue weighted by Crippen LogP contribution is 2.27.